The van der Waals surface area contributed by atoms with Crippen LogP contribution in [0.15, 0.2) is 35.4 Å². The molecule has 0 bridgehead atoms. The van der Waals surface area contributed by atoms with E-state index >= 15 is 0 Å². The van der Waals surface area contributed by atoms with E-state index in [1.807, 2.05) is 32.0 Å². The number of carbonyl (C=O) groups is 2. The Labute approximate surface area is 154 Å². The molecule has 0 aliphatic carbocycles. The lowest BCUT2D eigenvalue weighted by molar-refractivity contribution is -0.380. The Morgan fingerprint density at radius 2 is 1.92 bits per heavy atom. The van der Waals surface area contributed by atoms with Crippen molar-refractivity contribution in [1.29, 1.82) is 0 Å². The SMILES string of the molecule is Cc1ccc(NC(=O)CCC(=O)N/N=C\c2ccc([N+](=O)[O-])s2)c(C)c1. The molecular weight excluding hydrogens is 356 g/mol. The fourth-order valence-electron chi connectivity index (χ4n) is 2.13. The average Bonchev–Trinajstić information content (AvgIpc) is 3.05. The Hall–Kier alpha value is -3.07. The first-order chi connectivity index (χ1) is 12.3. The summed E-state index contributed by atoms with van der Waals surface area (Å²) in [4.78, 5) is 34.3. The number of hydrazone groups is 1. The minimum Gasteiger partial charge on any atom is -0.326 e. The van der Waals surface area contributed by atoms with Gasteiger partial charge in [0.1, 0.15) is 0 Å². The summed E-state index contributed by atoms with van der Waals surface area (Å²) in [5, 5.41) is 17.1. The maximum atomic E-state index is 11.9. The monoisotopic (exact) mass is 374 g/mol. The molecule has 2 N–H and O–H groups in total. The van der Waals surface area contributed by atoms with Crippen LogP contribution in [0.3, 0.4) is 0 Å². The molecule has 0 aliphatic heterocycles. The highest BCUT2D eigenvalue weighted by atomic mass is 32.1. The van der Waals surface area contributed by atoms with Crippen LogP contribution in [0.5, 0.6) is 0 Å². The number of carbonyl (C=O) groups excluding carboxylic acids is 2. The van der Waals surface area contributed by atoms with E-state index in [9.17, 15) is 19.7 Å². The summed E-state index contributed by atoms with van der Waals surface area (Å²) in [6.45, 7) is 3.87. The summed E-state index contributed by atoms with van der Waals surface area (Å²) in [5.74, 6) is -0.673. The molecule has 0 atom stereocenters. The van der Waals surface area contributed by atoms with E-state index < -0.39 is 10.8 Å². The average molecular weight is 374 g/mol. The molecule has 1 heterocycles. The second-order valence-corrected chi connectivity index (χ2v) is 6.69. The minimum atomic E-state index is -0.491. The van der Waals surface area contributed by atoms with E-state index in [-0.39, 0.29) is 23.7 Å². The van der Waals surface area contributed by atoms with Crippen LogP contribution in [0.4, 0.5) is 10.7 Å². The fraction of sp³-hybridized carbons (Fsp3) is 0.235. The van der Waals surface area contributed by atoms with Crippen molar-refractivity contribution in [1.82, 2.24) is 5.43 Å². The number of rotatable bonds is 7. The van der Waals surface area contributed by atoms with Crippen molar-refractivity contribution in [3.8, 4) is 0 Å². The molecule has 0 unspecified atom stereocenters. The Kier molecular flexibility index (Phi) is 6.56. The van der Waals surface area contributed by atoms with Crippen molar-refractivity contribution >= 4 is 40.1 Å². The van der Waals surface area contributed by atoms with E-state index in [2.05, 4.69) is 15.8 Å². The third-order valence-corrected chi connectivity index (χ3v) is 4.38. The lowest BCUT2D eigenvalue weighted by Crippen LogP contribution is -2.20. The molecule has 2 aromatic rings. The van der Waals surface area contributed by atoms with E-state index in [1.165, 1.54) is 18.3 Å². The molecule has 9 heteroatoms. The van der Waals surface area contributed by atoms with Crippen molar-refractivity contribution in [2.24, 2.45) is 5.10 Å². The van der Waals surface area contributed by atoms with Gasteiger partial charge in [-0.15, -0.1) is 0 Å². The first-order valence-electron chi connectivity index (χ1n) is 7.78. The molecule has 1 aromatic heterocycles. The zero-order valence-corrected chi connectivity index (χ0v) is 15.1. The van der Waals surface area contributed by atoms with Crippen LogP contribution in [0, 0.1) is 24.0 Å². The van der Waals surface area contributed by atoms with E-state index in [4.69, 9.17) is 0 Å². The van der Waals surface area contributed by atoms with Gasteiger partial charge in [0.15, 0.2) is 0 Å². The number of hydrogen-bond acceptors (Lipinski definition) is 6. The van der Waals surface area contributed by atoms with Gasteiger partial charge in [0.25, 0.3) is 0 Å². The Morgan fingerprint density at radius 3 is 2.58 bits per heavy atom. The number of nitrogens with one attached hydrogen (secondary N) is 2. The van der Waals surface area contributed by atoms with Gasteiger partial charge >= 0.3 is 5.00 Å². The predicted molar refractivity (Wildman–Crippen MR) is 100 cm³/mol. The Bertz CT molecular complexity index is 860. The Morgan fingerprint density at radius 1 is 1.19 bits per heavy atom. The highest BCUT2D eigenvalue weighted by Gasteiger charge is 2.09. The van der Waals surface area contributed by atoms with Gasteiger partial charge < -0.3 is 5.32 Å². The van der Waals surface area contributed by atoms with Crippen molar-refractivity contribution in [2.45, 2.75) is 26.7 Å². The van der Waals surface area contributed by atoms with Crippen molar-refractivity contribution in [2.75, 3.05) is 5.32 Å². The van der Waals surface area contributed by atoms with Crippen LogP contribution in [0.25, 0.3) is 0 Å². The van der Waals surface area contributed by atoms with Gasteiger partial charge in [-0.1, -0.05) is 29.0 Å². The highest BCUT2D eigenvalue weighted by molar-refractivity contribution is 7.16. The maximum absolute atomic E-state index is 11.9. The quantitative estimate of drug-likeness (QED) is 0.440. The molecular formula is C17H18N4O4S. The van der Waals surface area contributed by atoms with E-state index in [1.54, 1.807) is 0 Å². The number of benzene rings is 1. The van der Waals surface area contributed by atoms with Crippen LogP contribution in [-0.4, -0.2) is 23.0 Å². The number of aryl methyl sites for hydroxylation is 2. The van der Waals surface area contributed by atoms with E-state index in [0.29, 0.717) is 4.88 Å². The molecule has 136 valence electrons. The topological polar surface area (TPSA) is 114 Å². The van der Waals surface area contributed by atoms with Gasteiger partial charge in [0.2, 0.25) is 11.8 Å². The van der Waals surface area contributed by atoms with Gasteiger partial charge in [-0.25, -0.2) is 5.43 Å². The molecule has 0 fully saturated rings. The predicted octanol–water partition coefficient (Wildman–Crippen LogP) is 3.14. The Balaban J connectivity index is 1.76. The molecule has 0 saturated carbocycles. The van der Waals surface area contributed by atoms with Crippen LogP contribution in [0.1, 0.15) is 28.8 Å². The van der Waals surface area contributed by atoms with Crippen molar-refractivity contribution in [3.05, 3.63) is 56.5 Å². The van der Waals surface area contributed by atoms with Crippen LogP contribution >= 0.6 is 11.3 Å². The summed E-state index contributed by atoms with van der Waals surface area (Å²) in [7, 11) is 0. The standard InChI is InChI=1S/C17H18N4O4S/c1-11-3-5-14(12(2)9-11)19-15(22)6-7-16(23)20-18-10-13-4-8-17(26-13)21(24)25/h3-5,8-10H,6-7H2,1-2H3,(H,19,22)(H,20,23)/b18-10-. The van der Waals surface area contributed by atoms with Gasteiger partial charge in [-0.3, -0.25) is 19.7 Å². The first-order valence-corrected chi connectivity index (χ1v) is 8.60. The van der Waals surface area contributed by atoms with Crippen molar-refractivity contribution < 1.29 is 14.5 Å². The zero-order valence-electron chi connectivity index (χ0n) is 14.3. The molecule has 0 saturated heterocycles. The number of nitro groups is 1. The number of thiophene rings is 1. The molecule has 2 amide bonds. The fourth-order valence-corrected chi connectivity index (χ4v) is 2.82. The number of amides is 2. The largest absolute Gasteiger partial charge is 0.326 e. The second-order valence-electron chi connectivity index (χ2n) is 5.59. The van der Waals surface area contributed by atoms with Gasteiger partial charge in [0.05, 0.1) is 16.0 Å². The number of nitrogens with zero attached hydrogens (tertiary/aromatic N) is 2. The van der Waals surface area contributed by atoms with Crippen LogP contribution in [0.2, 0.25) is 0 Å². The van der Waals surface area contributed by atoms with Gasteiger partial charge in [-0.05, 0) is 31.5 Å². The molecule has 0 radical (unpaired) electrons. The smallest absolute Gasteiger partial charge is 0.324 e. The summed E-state index contributed by atoms with van der Waals surface area (Å²) < 4.78 is 0. The van der Waals surface area contributed by atoms with E-state index in [0.717, 1.165) is 28.2 Å². The van der Waals surface area contributed by atoms with Gasteiger partial charge in [-0.2, -0.15) is 5.10 Å². The normalized spacial score (nSPS) is 10.7. The number of anilines is 1. The lowest BCUT2D eigenvalue weighted by atomic mass is 10.1. The molecule has 2 rings (SSSR count). The van der Waals surface area contributed by atoms with Crippen molar-refractivity contribution in [3.63, 3.8) is 0 Å². The molecule has 8 nitrogen and oxygen atoms in total. The van der Waals surface area contributed by atoms with Crippen LogP contribution < -0.4 is 10.7 Å². The third kappa shape index (κ3) is 5.78. The molecule has 26 heavy (non-hydrogen) atoms. The molecule has 0 spiro atoms. The number of hydrogen-bond donors (Lipinski definition) is 2. The summed E-state index contributed by atoms with van der Waals surface area (Å²) in [6.07, 6.45) is 1.34. The summed E-state index contributed by atoms with van der Waals surface area (Å²) in [5.41, 5.74) is 5.08. The molecule has 0 aliphatic rings. The zero-order chi connectivity index (χ0) is 19.1. The van der Waals surface area contributed by atoms with Gasteiger partial charge in [0, 0.05) is 24.6 Å². The highest BCUT2D eigenvalue weighted by Crippen LogP contribution is 2.22. The minimum absolute atomic E-state index is 0.000784. The second kappa shape index (κ2) is 8.86. The van der Waals surface area contributed by atoms with Crippen LogP contribution in [-0.2, 0) is 9.59 Å². The lowest BCUT2D eigenvalue weighted by Gasteiger charge is -2.08. The summed E-state index contributed by atoms with van der Waals surface area (Å²) in [6, 6.07) is 8.60. The molecule has 1 aromatic carbocycles. The maximum Gasteiger partial charge on any atom is 0.324 e. The first kappa shape index (κ1) is 19.3. The summed E-state index contributed by atoms with van der Waals surface area (Å²) >= 11 is 0.951. The third-order valence-electron chi connectivity index (χ3n) is 3.41.